The molecule has 0 saturated heterocycles. The molecule has 0 N–H and O–H groups in total. The summed E-state index contributed by atoms with van der Waals surface area (Å²) < 4.78 is 5.59. The zero-order chi connectivity index (χ0) is 7.28. The second-order valence-corrected chi connectivity index (χ2v) is 5.11. The molecule has 4 heteroatoms. The summed E-state index contributed by atoms with van der Waals surface area (Å²) in [6.45, 7) is 10.2. The van der Waals surface area contributed by atoms with Crippen LogP contribution in [-0.4, -0.2) is 38.2 Å². The van der Waals surface area contributed by atoms with Gasteiger partial charge in [0.05, 0.1) is 0 Å². The topological polar surface area (TPSA) is 9.23 Å². The molecular weight excluding hydrogens is 279 g/mol. The maximum absolute atomic E-state index is 5.59. The first kappa shape index (κ1) is 18.5. The molecule has 0 spiro atoms. The Morgan fingerprint density at radius 1 is 1.45 bits per heavy atom. The predicted octanol–water partition coefficient (Wildman–Crippen LogP) is -1.39. The van der Waals surface area contributed by atoms with Crippen LogP contribution in [0.1, 0.15) is 20.3 Å². The first-order chi connectivity index (χ1) is 4.16. The number of hydrogen-bond donors (Lipinski definition) is 0. The van der Waals surface area contributed by atoms with E-state index in [0.29, 0.717) is 6.10 Å². The van der Waals surface area contributed by atoms with Gasteiger partial charge in [0.15, 0.2) is 9.04 Å². The molecule has 0 fully saturated rings. The van der Waals surface area contributed by atoms with Gasteiger partial charge in [-0.1, -0.05) is 6.04 Å². The minimum absolute atomic E-state index is 0. The molecule has 0 rings (SSSR count). The number of halogens is 1. The Morgan fingerprint density at radius 2 is 1.91 bits per heavy atom. The van der Waals surface area contributed by atoms with E-state index in [1.165, 1.54) is 6.04 Å². The molecule has 1 unspecified atom stereocenters. The van der Waals surface area contributed by atoms with Crippen molar-refractivity contribution in [3.05, 3.63) is 6.92 Å². The Balaban J connectivity index is -0.000000320. The van der Waals surface area contributed by atoms with Crippen molar-refractivity contribution in [3.8, 4) is 0 Å². The fourth-order valence-electron chi connectivity index (χ4n) is 0.820. The summed E-state index contributed by atoms with van der Waals surface area (Å²) in [6, 6.07) is 1.21. The molecule has 0 aliphatic carbocycles. The second-order valence-electron chi connectivity index (χ2n) is 2.64. The van der Waals surface area contributed by atoms with Crippen LogP contribution in [-0.2, 0) is 4.43 Å². The van der Waals surface area contributed by atoms with Gasteiger partial charge in [-0.2, -0.15) is 6.42 Å². The van der Waals surface area contributed by atoms with Crippen LogP contribution in [0, 0.1) is 6.92 Å². The Kier molecular flexibility index (Phi) is 19.6. The summed E-state index contributed by atoms with van der Waals surface area (Å²) in [5.41, 5.74) is 0. The van der Waals surface area contributed by atoms with Gasteiger partial charge in [0.2, 0.25) is 0 Å². The monoisotopic (exact) mass is 296 g/mol. The standard InChI is InChI=1S/C7H17OSi.HI.Mg/c1-5-6-9(4)8-7(2)3;;/h7,9H,1,5-6H2,2-4H3;1H;/q-1;;+2/p-1. The van der Waals surface area contributed by atoms with Crippen molar-refractivity contribution in [1.82, 2.24) is 0 Å². The quantitative estimate of drug-likeness (QED) is 0.353. The molecule has 1 atom stereocenters. The fraction of sp³-hybridized carbons (Fsp3) is 0.857. The molecule has 0 aromatic heterocycles. The number of rotatable bonds is 4. The van der Waals surface area contributed by atoms with Crippen molar-refractivity contribution in [3.63, 3.8) is 0 Å². The Hall–Kier alpha value is 1.67. The minimum atomic E-state index is -0.823. The molecule has 0 radical (unpaired) electrons. The second kappa shape index (κ2) is 11.7. The van der Waals surface area contributed by atoms with Crippen molar-refractivity contribution in [2.45, 2.75) is 39.0 Å². The molecule has 0 heterocycles. The van der Waals surface area contributed by atoms with Crippen LogP contribution in [0.2, 0.25) is 12.6 Å². The summed E-state index contributed by atoms with van der Waals surface area (Å²) in [7, 11) is -0.823. The number of hydrogen-bond acceptors (Lipinski definition) is 1. The van der Waals surface area contributed by atoms with Gasteiger partial charge >= 0.3 is 23.1 Å². The van der Waals surface area contributed by atoms with Gasteiger partial charge in [0, 0.05) is 6.10 Å². The van der Waals surface area contributed by atoms with E-state index in [1.807, 2.05) is 0 Å². The summed E-state index contributed by atoms with van der Waals surface area (Å²) in [4.78, 5) is 0. The zero-order valence-corrected chi connectivity index (χ0v) is 12.5. The van der Waals surface area contributed by atoms with Crippen LogP contribution >= 0.6 is 0 Å². The van der Waals surface area contributed by atoms with E-state index in [-0.39, 0.29) is 47.0 Å². The molecule has 0 aromatic rings. The molecule has 0 aliphatic rings. The molecule has 64 valence electrons. The predicted molar refractivity (Wildman–Crippen MR) is 49.8 cm³/mol. The largest absolute Gasteiger partial charge is 2.00 e. The van der Waals surface area contributed by atoms with Gasteiger partial charge < -0.3 is 35.3 Å². The fourth-order valence-corrected chi connectivity index (χ4v) is 2.46. The van der Waals surface area contributed by atoms with Crippen LogP contribution < -0.4 is 24.0 Å². The van der Waals surface area contributed by atoms with Gasteiger partial charge in [0.1, 0.15) is 0 Å². The van der Waals surface area contributed by atoms with Gasteiger partial charge in [-0.15, -0.1) is 0 Å². The summed E-state index contributed by atoms with van der Waals surface area (Å²) in [5, 5.41) is 0. The van der Waals surface area contributed by atoms with Gasteiger partial charge in [-0.3, -0.25) is 0 Å². The van der Waals surface area contributed by atoms with E-state index in [0.717, 1.165) is 6.42 Å². The summed E-state index contributed by atoms with van der Waals surface area (Å²) in [6.07, 6.45) is 1.44. The van der Waals surface area contributed by atoms with Gasteiger partial charge in [-0.25, -0.2) is 0 Å². The van der Waals surface area contributed by atoms with E-state index in [4.69, 9.17) is 4.43 Å². The molecule has 0 bridgehead atoms. The average molecular weight is 297 g/mol. The third-order valence-corrected chi connectivity index (χ3v) is 3.35. The molecule has 11 heavy (non-hydrogen) atoms. The van der Waals surface area contributed by atoms with Crippen LogP contribution in [0.3, 0.4) is 0 Å². The minimum Gasteiger partial charge on any atom is -1.00 e. The van der Waals surface area contributed by atoms with Crippen molar-refractivity contribution in [2.24, 2.45) is 0 Å². The van der Waals surface area contributed by atoms with Crippen molar-refractivity contribution in [1.29, 1.82) is 0 Å². The molecular formula is C7H17IMgOSi. The van der Waals surface area contributed by atoms with Crippen molar-refractivity contribution < 1.29 is 28.4 Å². The third kappa shape index (κ3) is 14.5. The Morgan fingerprint density at radius 3 is 2.18 bits per heavy atom. The molecule has 0 amide bonds. The Labute approximate surface area is 106 Å². The van der Waals surface area contributed by atoms with Crippen LogP contribution in [0.4, 0.5) is 0 Å². The maximum atomic E-state index is 5.59. The van der Waals surface area contributed by atoms with Crippen LogP contribution in [0.5, 0.6) is 0 Å². The normalized spacial score (nSPS) is 11.7. The molecule has 0 saturated carbocycles. The summed E-state index contributed by atoms with van der Waals surface area (Å²) in [5.74, 6) is 0. The van der Waals surface area contributed by atoms with E-state index in [9.17, 15) is 0 Å². The van der Waals surface area contributed by atoms with Crippen LogP contribution in [0.15, 0.2) is 0 Å². The maximum Gasteiger partial charge on any atom is 2.00 e. The molecule has 0 aromatic carbocycles. The van der Waals surface area contributed by atoms with Crippen molar-refractivity contribution in [2.75, 3.05) is 0 Å². The summed E-state index contributed by atoms with van der Waals surface area (Å²) >= 11 is 0. The van der Waals surface area contributed by atoms with Gasteiger partial charge in [-0.05, 0) is 20.4 Å². The average Bonchev–Trinajstić information content (AvgIpc) is 1.63. The third-order valence-electron chi connectivity index (χ3n) is 1.12. The Bertz CT molecular complexity index is 73.5. The smallest absolute Gasteiger partial charge is 1.00 e. The molecule has 1 nitrogen and oxygen atoms in total. The van der Waals surface area contributed by atoms with E-state index < -0.39 is 9.04 Å². The first-order valence-corrected chi connectivity index (χ1v) is 6.05. The van der Waals surface area contributed by atoms with E-state index in [1.54, 1.807) is 0 Å². The van der Waals surface area contributed by atoms with Crippen molar-refractivity contribution >= 4 is 32.1 Å². The van der Waals surface area contributed by atoms with E-state index in [2.05, 4.69) is 27.3 Å². The SMILES string of the molecule is [CH2-]CC[SiH](C)OC(C)C.[I-].[Mg+2]. The zero-order valence-electron chi connectivity index (χ0n) is 7.77. The van der Waals surface area contributed by atoms with Gasteiger partial charge in [0.25, 0.3) is 0 Å². The molecule has 0 aliphatic heterocycles. The first-order valence-electron chi connectivity index (χ1n) is 3.61. The van der Waals surface area contributed by atoms with E-state index >= 15 is 0 Å². The van der Waals surface area contributed by atoms with Crippen LogP contribution in [0.25, 0.3) is 0 Å².